The van der Waals surface area contributed by atoms with Crippen LogP contribution in [0.15, 0.2) is 23.8 Å². The summed E-state index contributed by atoms with van der Waals surface area (Å²) in [7, 11) is 0. The lowest BCUT2D eigenvalue weighted by Crippen LogP contribution is -2.43. The van der Waals surface area contributed by atoms with Crippen molar-refractivity contribution in [3.05, 3.63) is 33.9 Å². The molecule has 252 valence electrons. The Hall–Kier alpha value is -3.44. The molecule has 0 aromatic carbocycles. The number of esters is 4. The van der Waals surface area contributed by atoms with Crippen LogP contribution in [-0.4, -0.2) is 60.5 Å². The lowest BCUT2D eigenvalue weighted by Gasteiger charge is -2.44. The first-order valence-corrected chi connectivity index (χ1v) is 16.2. The van der Waals surface area contributed by atoms with Gasteiger partial charge in [0.15, 0.2) is 0 Å². The van der Waals surface area contributed by atoms with Crippen molar-refractivity contribution in [1.29, 1.82) is 0 Å². The lowest BCUT2D eigenvalue weighted by molar-refractivity contribution is -0.757. The molecule has 0 spiro atoms. The standard InChI is InChI=1S/C33H49NO11/c1-6-33(4,5)32(38)45-27-18-21(2)17-23-10-9-22(3)26(31(23)27)12-11-24-19-25(20-30(37)43-24)44-29(36)14-13-28(35)41-15-7-8-16-42-34(39)40/h9-10,17,21-22,24-27,31H,6-8,11-16,18-20H2,1-5H3/t21-,22-,24?,25?,26-,27-,31-/m0/s1. The largest absolute Gasteiger partial charge is 0.466 e. The maximum absolute atomic E-state index is 13.1. The summed E-state index contributed by atoms with van der Waals surface area (Å²) in [5, 5.41) is 9.24. The second-order valence-corrected chi connectivity index (χ2v) is 13.2. The van der Waals surface area contributed by atoms with Crippen LogP contribution in [0.3, 0.4) is 0 Å². The van der Waals surface area contributed by atoms with Gasteiger partial charge >= 0.3 is 23.9 Å². The van der Waals surface area contributed by atoms with Crippen molar-refractivity contribution in [2.75, 3.05) is 13.2 Å². The summed E-state index contributed by atoms with van der Waals surface area (Å²) in [6.07, 6.45) is 8.86. The molecular weight excluding hydrogens is 586 g/mol. The number of cyclic esters (lactones) is 1. The SMILES string of the molecule is CCC(C)(C)C(=O)O[C@H]1C[C@@H](C)C=C2C=C[C@H](C)[C@H](CCC3CC(OC(=O)CCC(=O)OCCCCO[N+](=O)[O-])CC(=O)O3)[C@H]21. The van der Waals surface area contributed by atoms with Gasteiger partial charge in [-0.25, -0.2) is 0 Å². The van der Waals surface area contributed by atoms with Gasteiger partial charge in [-0.05, 0) is 75.7 Å². The van der Waals surface area contributed by atoms with Crippen LogP contribution in [0.1, 0.15) is 98.8 Å². The molecule has 1 aliphatic heterocycles. The second-order valence-electron chi connectivity index (χ2n) is 13.2. The van der Waals surface area contributed by atoms with Crippen molar-refractivity contribution in [1.82, 2.24) is 0 Å². The molecule has 2 unspecified atom stereocenters. The first-order chi connectivity index (χ1) is 21.3. The molecular formula is C33H49NO11. The maximum Gasteiger partial charge on any atom is 0.311 e. The zero-order valence-electron chi connectivity index (χ0n) is 27.2. The zero-order chi connectivity index (χ0) is 33.1. The van der Waals surface area contributed by atoms with Gasteiger partial charge in [0.25, 0.3) is 5.09 Å². The molecule has 1 fully saturated rings. The summed E-state index contributed by atoms with van der Waals surface area (Å²) in [6.45, 7) is 10.1. The molecule has 0 saturated carbocycles. The Labute approximate surface area is 265 Å². The Bertz CT molecular complexity index is 1130. The molecule has 3 aliphatic rings. The highest BCUT2D eigenvalue weighted by molar-refractivity contribution is 5.78. The van der Waals surface area contributed by atoms with E-state index in [2.05, 4.69) is 36.9 Å². The predicted molar refractivity (Wildman–Crippen MR) is 162 cm³/mol. The smallest absolute Gasteiger partial charge is 0.311 e. The van der Waals surface area contributed by atoms with E-state index in [0.29, 0.717) is 32.1 Å². The summed E-state index contributed by atoms with van der Waals surface area (Å²) in [6, 6.07) is 0. The third kappa shape index (κ3) is 11.1. The minimum absolute atomic E-state index is 0.0416. The average Bonchev–Trinajstić information content (AvgIpc) is 2.97. The molecule has 0 bridgehead atoms. The van der Waals surface area contributed by atoms with E-state index >= 15 is 0 Å². The topological polar surface area (TPSA) is 158 Å². The Morgan fingerprint density at radius 3 is 2.47 bits per heavy atom. The monoisotopic (exact) mass is 635 g/mol. The lowest BCUT2D eigenvalue weighted by atomic mass is 9.65. The number of hydrogen-bond acceptors (Lipinski definition) is 11. The zero-order valence-corrected chi connectivity index (χ0v) is 27.2. The highest BCUT2D eigenvalue weighted by Crippen LogP contribution is 2.45. The molecule has 1 heterocycles. The fourth-order valence-corrected chi connectivity index (χ4v) is 6.20. The molecule has 0 N–H and O–H groups in total. The van der Waals surface area contributed by atoms with Gasteiger partial charge in [0.2, 0.25) is 0 Å². The summed E-state index contributed by atoms with van der Waals surface area (Å²) in [5.41, 5.74) is 0.635. The first-order valence-electron chi connectivity index (χ1n) is 16.2. The van der Waals surface area contributed by atoms with Gasteiger partial charge in [0.05, 0.1) is 37.9 Å². The van der Waals surface area contributed by atoms with Crippen LogP contribution in [0.5, 0.6) is 0 Å². The molecule has 2 aliphatic carbocycles. The van der Waals surface area contributed by atoms with Crippen molar-refractivity contribution in [3.63, 3.8) is 0 Å². The van der Waals surface area contributed by atoms with Crippen LogP contribution >= 0.6 is 0 Å². The minimum Gasteiger partial charge on any atom is -0.466 e. The van der Waals surface area contributed by atoms with Gasteiger partial charge < -0.3 is 23.8 Å². The number of carbonyl (C=O) groups excluding carboxylic acids is 4. The van der Waals surface area contributed by atoms with E-state index < -0.39 is 40.6 Å². The number of carbonyl (C=O) groups is 4. The quantitative estimate of drug-likeness (QED) is 0.0698. The number of unbranched alkanes of at least 4 members (excludes halogenated alkanes) is 1. The number of ether oxygens (including phenoxy) is 4. The van der Waals surface area contributed by atoms with Gasteiger partial charge in [-0.1, -0.05) is 39.0 Å². The van der Waals surface area contributed by atoms with Gasteiger partial charge in [0.1, 0.15) is 18.3 Å². The van der Waals surface area contributed by atoms with E-state index in [0.717, 1.165) is 12.8 Å². The summed E-state index contributed by atoms with van der Waals surface area (Å²) < 4.78 is 22.4. The van der Waals surface area contributed by atoms with E-state index in [1.54, 1.807) is 0 Å². The highest BCUT2D eigenvalue weighted by Gasteiger charge is 2.43. The number of allylic oxidation sites excluding steroid dienone is 3. The number of nitrogens with zero attached hydrogens (tertiary/aromatic N) is 1. The highest BCUT2D eigenvalue weighted by atomic mass is 16.9. The Morgan fingerprint density at radius 1 is 1.04 bits per heavy atom. The Kier molecular flexibility index (Phi) is 13.4. The van der Waals surface area contributed by atoms with E-state index in [4.69, 9.17) is 18.9 Å². The molecule has 12 heteroatoms. The Morgan fingerprint density at radius 2 is 1.76 bits per heavy atom. The molecule has 1 saturated heterocycles. The summed E-state index contributed by atoms with van der Waals surface area (Å²) in [5.74, 6) is -1.01. The molecule has 45 heavy (non-hydrogen) atoms. The van der Waals surface area contributed by atoms with E-state index in [1.165, 1.54) is 5.57 Å². The predicted octanol–water partition coefficient (Wildman–Crippen LogP) is 5.45. The maximum atomic E-state index is 13.1. The number of fused-ring (bicyclic) bond motifs is 1. The van der Waals surface area contributed by atoms with Crippen molar-refractivity contribution in [3.8, 4) is 0 Å². The molecule has 12 nitrogen and oxygen atoms in total. The average molecular weight is 636 g/mol. The Balaban J connectivity index is 1.50. The molecule has 0 amide bonds. The van der Waals surface area contributed by atoms with Crippen LogP contribution in [0.2, 0.25) is 0 Å². The molecule has 0 radical (unpaired) electrons. The van der Waals surface area contributed by atoms with Gasteiger partial charge in [0, 0.05) is 12.3 Å². The van der Waals surface area contributed by atoms with E-state index in [-0.39, 0.29) is 68.2 Å². The van der Waals surface area contributed by atoms with Gasteiger partial charge in [-0.15, -0.1) is 10.1 Å². The number of rotatable bonds is 16. The molecule has 3 rings (SSSR count). The van der Waals surface area contributed by atoms with Crippen molar-refractivity contribution in [2.24, 2.45) is 29.1 Å². The molecule has 7 atom stereocenters. The van der Waals surface area contributed by atoms with Crippen LogP contribution in [-0.2, 0) is 43.0 Å². The van der Waals surface area contributed by atoms with E-state index in [9.17, 15) is 29.3 Å². The minimum atomic E-state index is -0.880. The summed E-state index contributed by atoms with van der Waals surface area (Å²) in [4.78, 5) is 64.2. The third-order valence-electron chi connectivity index (χ3n) is 9.16. The third-order valence-corrected chi connectivity index (χ3v) is 9.16. The first kappa shape index (κ1) is 36.0. The normalized spacial score (nSPS) is 27.8. The van der Waals surface area contributed by atoms with Crippen LogP contribution in [0.4, 0.5) is 0 Å². The van der Waals surface area contributed by atoms with Gasteiger partial charge in [-0.2, -0.15) is 0 Å². The fourth-order valence-electron chi connectivity index (χ4n) is 6.20. The molecule has 0 aromatic rings. The van der Waals surface area contributed by atoms with Crippen molar-refractivity contribution < 1.29 is 48.0 Å². The fraction of sp³-hybridized carbons (Fsp3) is 0.758. The second kappa shape index (κ2) is 16.7. The summed E-state index contributed by atoms with van der Waals surface area (Å²) >= 11 is 0. The van der Waals surface area contributed by atoms with Crippen LogP contribution < -0.4 is 0 Å². The number of hydrogen-bond donors (Lipinski definition) is 0. The van der Waals surface area contributed by atoms with E-state index in [1.807, 2.05) is 20.8 Å². The van der Waals surface area contributed by atoms with Crippen LogP contribution in [0.25, 0.3) is 0 Å². The van der Waals surface area contributed by atoms with Crippen molar-refractivity contribution in [2.45, 2.75) is 117 Å². The van der Waals surface area contributed by atoms with Crippen LogP contribution in [0, 0.1) is 39.2 Å². The van der Waals surface area contributed by atoms with Gasteiger partial charge in [-0.3, -0.25) is 19.2 Å². The molecule has 0 aromatic heterocycles. The van der Waals surface area contributed by atoms with Crippen molar-refractivity contribution >= 4 is 23.9 Å².